The van der Waals surface area contributed by atoms with Gasteiger partial charge in [0.15, 0.2) is 0 Å². The van der Waals surface area contributed by atoms with E-state index in [0.717, 1.165) is 4.47 Å². The van der Waals surface area contributed by atoms with Gasteiger partial charge in [-0.2, -0.15) is 0 Å². The van der Waals surface area contributed by atoms with Crippen LogP contribution in [0.2, 0.25) is 0 Å². The Morgan fingerprint density at radius 2 is 1.93 bits per heavy atom. The van der Waals surface area contributed by atoms with Crippen molar-refractivity contribution < 1.29 is 0 Å². The molecule has 1 aliphatic rings. The van der Waals surface area contributed by atoms with Gasteiger partial charge in [0.2, 0.25) is 0 Å². The van der Waals surface area contributed by atoms with E-state index < -0.39 is 0 Å². The first-order chi connectivity index (χ1) is 7.05. The van der Waals surface area contributed by atoms with E-state index in [1.165, 1.54) is 24.4 Å². The average molecular weight is 286 g/mol. The monoisotopic (exact) mass is 285 g/mol. The summed E-state index contributed by atoms with van der Waals surface area (Å²) in [6.45, 7) is 7.08. The summed E-state index contributed by atoms with van der Waals surface area (Å²) in [5.41, 5.74) is 0.488. The normalized spacial score (nSPS) is 20.7. The molecular formula is C12H16BrNS. The highest BCUT2D eigenvalue weighted by atomic mass is 79.9. The fourth-order valence-corrected chi connectivity index (χ4v) is 3.20. The highest BCUT2D eigenvalue weighted by molar-refractivity contribution is 9.10. The van der Waals surface area contributed by atoms with Crippen molar-refractivity contribution in [3.05, 3.63) is 28.7 Å². The summed E-state index contributed by atoms with van der Waals surface area (Å²) >= 11 is 5.33. The number of benzene rings is 1. The van der Waals surface area contributed by atoms with Gasteiger partial charge in [0.1, 0.15) is 0 Å². The minimum absolute atomic E-state index is 0.488. The summed E-state index contributed by atoms with van der Waals surface area (Å²) in [6, 6.07) is 8.53. The van der Waals surface area contributed by atoms with Crippen LogP contribution in [-0.2, 0) is 0 Å². The fourth-order valence-electron chi connectivity index (χ4n) is 1.79. The summed E-state index contributed by atoms with van der Waals surface area (Å²) < 4.78 is 3.61. The van der Waals surface area contributed by atoms with Gasteiger partial charge in [-0.05, 0) is 48.0 Å². The van der Waals surface area contributed by atoms with Gasteiger partial charge in [-0.15, -0.1) is 0 Å². The van der Waals surface area contributed by atoms with E-state index in [0.29, 0.717) is 5.41 Å². The summed E-state index contributed by atoms with van der Waals surface area (Å²) in [5, 5.41) is 0. The minimum atomic E-state index is 0.488. The molecule has 1 nitrogen and oxygen atoms in total. The smallest absolute Gasteiger partial charge is 0.0231 e. The molecule has 1 aromatic carbocycles. The number of halogens is 1. The van der Waals surface area contributed by atoms with Gasteiger partial charge in [-0.1, -0.05) is 29.8 Å². The maximum absolute atomic E-state index is 3.45. The number of rotatable bonds is 2. The third-order valence-electron chi connectivity index (χ3n) is 2.69. The second-order valence-electron chi connectivity index (χ2n) is 4.82. The van der Waals surface area contributed by atoms with Crippen LogP contribution in [-0.4, -0.2) is 17.4 Å². The second-order valence-corrected chi connectivity index (χ2v) is 6.91. The summed E-state index contributed by atoms with van der Waals surface area (Å²) in [7, 11) is 0. The molecule has 0 aromatic heterocycles. The molecule has 1 aromatic rings. The quantitative estimate of drug-likeness (QED) is 0.750. The van der Waals surface area contributed by atoms with Crippen LogP contribution >= 0.6 is 27.9 Å². The van der Waals surface area contributed by atoms with Crippen LogP contribution in [0, 0.1) is 5.41 Å². The molecule has 0 atom stereocenters. The maximum atomic E-state index is 3.45. The zero-order valence-corrected chi connectivity index (χ0v) is 11.6. The molecule has 0 spiro atoms. The number of nitrogens with zero attached hydrogens (tertiary/aromatic N) is 1. The van der Waals surface area contributed by atoms with Crippen molar-refractivity contribution in [1.82, 2.24) is 4.31 Å². The lowest BCUT2D eigenvalue weighted by molar-refractivity contribution is 0.389. The van der Waals surface area contributed by atoms with Crippen molar-refractivity contribution in [2.24, 2.45) is 5.41 Å². The van der Waals surface area contributed by atoms with Crippen LogP contribution in [0.5, 0.6) is 0 Å². The topological polar surface area (TPSA) is 3.24 Å². The standard InChI is InChI=1S/C12H16BrNS/c1-12(2)7-8-14(9-12)15-11-5-3-10(13)4-6-11/h3-6H,7-9H2,1-2H3. The van der Waals surface area contributed by atoms with Crippen molar-refractivity contribution in [2.45, 2.75) is 25.2 Å². The van der Waals surface area contributed by atoms with Crippen LogP contribution in [0.1, 0.15) is 20.3 Å². The molecule has 1 aliphatic heterocycles. The molecule has 0 unspecified atom stereocenters. The first kappa shape index (κ1) is 11.5. The van der Waals surface area contributed by atoms with Gasteiger partial charge >= 0.3 is 0 Å². The van der Waals surface area contributed by atoms with E-state index in [2.05, 4.69) is 58.3 Å². The van der Waals surface area contributed by atoms with Crippen molar-refractivity contribution in [3.8, 4) is 0 Å². The first-order valence-electron chi connectivity index (χ1n) is 5.24. The van der Waals surface area contributed by atoms with Gasteiger partial charge in [-0.25, -0.2) is 4.31 Å². The average Bonchev–Trinajstić information content (AvgIpc) is 2.50. The number of hydrogen-bond acceptors (Lipinski definition) is 2. The maximum Gasteiger partial charge on any atom is 0.0231 e. The second kappa shape index (κ2) is 4.48. The molecule has 0 saturated carbocycles. The molecule has 15 heavy (non-hydrogen) atoms. The predicted octanol–water partition coefficient (Wildman–Crippen LogP) is 4.19. The van der Waals surface area contributed by atoms with E-state index in [-0.39, 0.29) is 0 Å². The lowest BCUT2D eigenvalue weighted by atomic mass is 9.93. The van der Waals surface area contributed by atoms with Crippen LogP contribution in [0.4, 0.5) is 0 Å². The van der Waals surface area contributed by atoms with E-state index in [4.69, 9.17) is 0 Å². The van der Waals surface area contributed by atoms with Crippen LogP contribution in [0.25, 0.3) is 0 Å². The molecule has 3 heteroatoms. The molecule has 82 valence electrons. The Bertz CT molecular complexity index is 334. The molecule has 1 heterocycles. The summed E-state index contributed by atoms with van der Waals surface area (Å²) in [5.74, 6) is 0. The van der Waals surface area contributed by atoms with E-state index in [9.17, 15) is 0 Å². The lowest BCUT2D eigenvalue weighted by Gasteiger charge is -2.18. The van der Waals surface area contributed by atoms with E-state index in [1.807, 2.05) is 11.9 Å². The Morgan fingerprint density at radius 3 is 2.47 bits per heavy atom. The third kappa shape index (κ3) is 3.23. The Labute approximate surface area is 105 Å². The Morgan fingerprint density at radius 1 is 1.27 bits per heavy atom. The predicted molar refractivity (Wildman–Crippen MR) is 70.0 cm³/mol. The van der Waals surface area contributed by atoms with Crippen molar-refractivity contribution in [3.63, 3.8) is 0 Å². The van der Waals surface area contributed by atoms with Crippen LogP contribution in [0.15, 0.2) is 33.6 Å². The highest BCUT2D eigenvalue weighted by Crippen LogP contribution is 2.35. The van der Waals surface area contributed by atoms with Gasteiger partial charge in [0, 0.05) is 22.5 Å². The van der Waals surface area contributed by atoms with Crippen molar-refractivity contribution in [2.75, 3.05) is 13.1 Å². The van der Waals surface area contributed by atoms with E-state index >= 15 is 0 Å². The van der Waals surface area contributed by atoms with Gasteiger partial charge < -0.3 is 0 Å². The van der Waals surface area contributed by atoms with Crippen molar-refractivity contribution in [1.29, 1.82) is 0 Å². The van der Waals surface area contributed by atoms with Gasteiger partial charge in [-0.3, -0.25) is 0 Å². The van der Waals surface area contributed by atoms with Crippen LogP contribution in [0.3, 0.4) is 0 Å². The van der Waals surface area contributed by atoms with Gasteiger partial charge in [0.25, 0.3) is 0 Å². The Balaban J connectivity index is 1.96. The molecule has 2 rings (SSSR count). The summed E-state index contributed by atoms with van der Waals surface area (Å²) in [6.07, 6.45) is 1.30. The number of hydrogen-bond donors (Lipinski definition) is 0. The minimum Gasteiger partial charge on any atom is -0.246 e. The first-order valence-corrected chi connectivity index (χ1v) is 6.80. The molecule has 0 bridgehead atoms. The SMILES string of the molecule is CC1(C)CCN(Sc2ccc(Br)cc2)C1. The molecule has 0 aliphatic carbocycles. The molecule has 1 saturated heterocycles. The highest BCUT2D eigenvalue weighted by Gasteiger charge is 2.29. The molecular weight excluding hydrogens is 270 g/mol. The molecule has 0 amide bonds. The lowest BCUT2D eigenvalue weighted by Crippen LogP contribution is -2.16. The molecule has 0 N–H and O–H groups in total. The zero-order chi connectivity index (χ0) is 10.9. The molecule has 1 fully saturated rings. The fraction of sp³-hybridized carbons (Fsp3) is 0.500. The zero-order valence-electron chi connectivity index (χ0n) is 9.16. The van der Waals surface area contributed by atoms with E-state index in [1.54, 1.807) is 0 Å². The summed E-state index contributed by atoms with van der Waals surface area (Å²) in [4.78, 5) is 1.33. The Kier molecular flexibility index (Phi) is 3.43. The largest absolute Gasteiger partial charge is 0.246 e. The van der Waals surface area contributed by atoms with Gasteiger partial charge in [0.05, 0.1) is 0 Å². The van der Waals surface area contributed by atoms with Crippen LogP contribution < -0.4 is 0 Å². The third-order valence-corrected chi connectivity index (χ3v) is 4.27. The Hall–Kier alpha value is 0.01000. The molecule has 0 radical (unpaired) electrons. The van der Waals surface area contributed by atoms with Crippen molar-refractivity contribution >= 4 is 27.9 Å².